The largest absolute Gasteiger partial charge is 0.396 e. The van der Waals surface area contributed by atoms with Crippen LogP contribution in [0.1, 0.15) is 17.5 Å². The van der Waals surface area contributed by atoms with Gasteiger partial charge in [-0.1, -0.05) is 41.9 Å². The molecular weight excluding hydrogens is 339 g/mol. The minimum absolute atomic E-state index is 0.146. The lowest BCUT2D eigenvalue weighted by molar-refractivity contribution is 0.0493. The Morgan fingerprint density at radius 2 is 1.80 bits per heavy atom. The Hall–Kier alpha value is -1.46. The van der Waals surface area contributed by atoms with Gasteiger partial charge in [-0.25, -0.2) is 4.39 Å². The van der Waals surface area contributed by atoms with E-state index in [1.54, 1.807) is 6.07 Å². The molecule has 0 amide bonds. The van der Waals surface area contributed by atoms with Crippen LogP contribution in [0.4, 0.5) is 4.39 Å². The fourth-order valence-corrected chi connectivity index (χ4v) is 3.55. The van der Waals surface area contributed by atoms with E-state index in [0.717, 1.165) is 36.8 Å². The molecule has 3 rings (SSSR count). The van der Waals surface area contributed by atoms with Crippen molar-refractivity contribution >= 4 is 11.6 Å². The molecule has 0 aromatic heterocycles. The Bertz CT molecular complexity index is 680. The summed E-state index contributed by atoms with van der Waals surface area (Å²) in [5.74, 6) is -0.158. The van der Waals surface area contributed by atoms with Crippen molar-refractivity contribution in [2.75, 3.05) is 26.2 Å². The van der Waals surface area contributed by atoms with Gasteiger partial charge in [-0.2, -0.15) is 0 Å². The normalized spacial score (nSPS) is 19.2. The van der Waals surface area contributed by atoms with Gasteiger partial charge in [-0.15, -0.1) is 0 Å². The first-order valence-corrected chi connectivity index (χ1v) is 9.08. The van der Waals surface area contributed by atoms with E-state index >= 15 is 0 Å². The Morgan fingerprint density at radius 1 is 1.04 bits per heavy atom. The van der Waals surface area contributed by atoms with Crippen LogP contribution >= 0.6 is 11.6 Å². The lowest BCUT2D eigenvalue weighted by Crippen LogP contribution is -2.52. The van der Waals surface area contributed by atoms with Gasteiger partial charge in [0.2, 0.25) is 0 Å². The minimum atomic E-state index is -0.158. The quantitative estimate of drug-likeness (QED) is 0.851. The molecule has 5 heteroatoms. The lowest BCUT2D eigenvalue weighted by Gasteiger charge is -2.41. The third-order valence-corrected chi connectivity index (χ3v) is 5.05. The molecule has 0 aliphatic carbocycles. The van der Waals surface area contributed by atoms with Crippen molar-refractivity contribution in [3.8, 4) is 0 Å². The topological polar surface area (TPSA) is 26.7 Å². The molecule has 1 heterocycles. The van der Waals surface area contributed by atoms with Crippen molar-refractivity contribution in [1.82, 2.24) is 9.80 Å². The van der Waals surface area contributed by atoms with E-state index in [-0.39, 0.29) is 18.5 Å². The summed E-state index contributed by atoms with van der Waals surface area (Å²) >= 11 is 5.95. The van der Waals surface area contributed by atoms with Crippen LogP contribution in [0.3, 0.4) is 0 Å². The Kier molecular flexibility index (Phi) is 6.43. The molecular formula is C20H24ClFN2O. The van der Waals surface area contributed by atoms with Crippen LogP contribution in [-0.2, 0) is 13.1 Å². The predicted octanol–water partition coefficient (Wildman–Crippen LogP) is 3.55. The number of aliphatic hydroxyl groups excluding tert-OH is 1. The van der Waals surface area contributed by atoms with Gasteiger partial charge in [0.15, 0.2) is 0 Å². The van der Waals surface area contributed by atoms with Crippen LogP contribution in [-0.4, -0.2) is 47.2 Å². The summed E-state index contributed by atoms with van der Waals surface area (Å²) in [7, 11) is 0. The average molecular weight is 363 g/mol. The molecule has 1 saturated heterocycles. The summed E-state index contributed by atoms with van der Waals surface area (Å²) in [6.45, 7) is 4.27. The standard InChI is InChI=1S/C20H24ClFN2O/c21-18-7-5-16(6-8-18)13-23-10-11-24(19(15-23)9-12-25)14-17-3-1-2-4-20(17)22/h1-8,19,25H,9-15H2. The van der Waals surface area contributed by atoms with E-state index < -0.39 is 0 Å². The first kappa shape index (κ1) is 18.3. The van der Waals surface area contributed by atoms with Crippen LogP contribution in [0.2, 0.25) is 5.02 Å². The van der Waals surface area contributed by atoms with Gasteiger partial charge in [-0.05, 0) is 30.2 Å². The van der Waals surface area contributed by atoms with Gasteiger partial charge < -0.3 is 5.11 Å². The summed E-state index contributed by atoms with van der Waals surface area (Å²) in [6, 6.07) is 15.1. The summed E-state index contributed by atoms with van der Waals surface area (Å²) in [5, 5.41) is 10.2. The van der Waals surface area contributed by atoms with E-state index in [1.807, 2.05) is 24.3 Å². The maximum atomic E-state index is 14.0. The highest BCUT2D eigenvalue weighted by Gasteiger charge is 2.27. The lowest BCUT2D eigenvalue weighted by atomic mass is 10.1. The zero-order valence-corrected chi connectivity index (χ0v) is 15.0. The van der Waals surface area contributed by atoms with E-state index in [2.05, 4.69) is 21.9 Å². The molecule has 1 aliphatic heterocycles. The maximum absolute atomic E-state index is 14.0. The van der Waals surface area contributed by atoms with E-state index in [4.69, 9.17) is 11.6 Å². The molecule has 0 radical (unpaired) electrons. The van der Waals surface area contributed by atoms with Gasteiger partial charge >= 0.3 is 0 Å². The first-order chi connectivity index (χ1) is 12.2. The Labute approximate surface area is 153 Å². The smallest absolute Gasteiger partial charge is 0.127 e. The molecule has 1 aliphatic rings. The van der Waals surface area contributed by atoms with E-state index in [1.165, 1.54) is 11.6 Å². The third kappa shape index (κ3) is 5.02. The van der Waals surface area contributed by atoms with Crippen molar-refractivity contribution in [3.05, 3.63) is 70.5 Å². The summed E-state index contributed by atoms with van der Waals surface area (Å²) < 4.78 is 14.0. The van der Waals surface area contributed by atoms with Crippen molar-refractivity contribution in [2.45, 2.75) is 25.6 Å². The summed E-state index contributed by atoms with van der Waals surface area (Å²) in [5.41, 5.74) is 1.95. The molecule has 25 heavy (non-hydrogen) atoms. The van der Waals surface area contributed by atoms with Crippen molar-refractivity contribution in [1.29, 1.82) is 0 Å². The van der Waals surface area contributed by atoms with Gasteiger partial charge in [0.25, 0.3) is 0 Å². The fourth-order valence-electron chi connectivity index (χ4n) is 3.43. The number of benzene rings is 2. The minimum Gasteiger partial charge on any atom is -0.396 e. The highest BCUT2D eigenvalue weighted by Crippen LogP contribution is 2.20. The Balaban J connectivity index is 1.63. The SMILES string of the molecule is OCCC1CN(Cc2ccc(Cl)cc2)CCN1Cc1ccccc1F. The van der Waals surface area contributed by atoms with Gasteiger partial charge in [0, 0.05) is 56.0 Å². The van der Waals surface area contributed by atoms with Crippen LogP contribution in [0.15, 0.2) is 48.5 Å². The third-order valence-electron chi connectivity index (χ3n) is 4.80. The van der Waals surface area contributed by atoms with Crippen molar-refractivity contribution in [2.24, 2.45) is 0 Å². The van der Waals surface area contributed by atoms with Crippen LogP contribution in [0.25, 0.3) is 0 Å². The van der Waals surface area contributed by atoms with Gasteiger partial charge in [-0.3, -0.25) is 9.80 Å². The monoisotopic (exact) mass is 362 g/mol. The van der Waals surface area contributed by atoms with Crippen molar-refractivity contribution in [3.63, 3.8) is 0 Å². The van der Waals surface area contributed by atoms with Gasteiger partial charge in [0.05, 0.1) is 0 Å². The second kappa shape index (κ2) is 8.77. The number of piperazine rings is 1. The van der Waals surface area contributed by atoms with Crippen molar-refractivity contribution < 1.29 is 9.50 Å². The number of hydrogen-bond acceptors (Lipinski definition) is 3. The molecule has 0 saturated carbocycles. The molecule has 1 atom stereocenters. The number of halogens is 2. The number of hydrogen-bond donors (Lipinski definition) is 1. The molecule has 0 bridgehead atoms. The molecule has 1 unspecified atom stereocenters. The summed E-state index contributed by atoms with van der Waals surface area (Å²) in [4.78, 5) is 4.68. The Morgan fingerprint density at radius 3 is 2.52 bits per heavy atom. The molecule has 3 nitrogen and oxygen atoms in total. The van der Waals surface area contributed by atoms with Crippen LogP contribution in [0, 0.1) is 5.82 Å². The number of nitrogens with zero attached hydrogens (tertiary/aromatic N) is 2. The molecule has 0 spiro atoms. The van der Waals surface area contributed by atoms with E-state index in [9.17, 15) is 9.50 Å². The van der Waals surface area contributed by atoms with Gasteiger partial charge in [0.1, 0.15) is 5.82 Å². The molecule has 134 valence electrons. The highest BCUT2D eigenvalue weighted by atomic mass is 35.5. The second-order valence-corrected chi connectivity index (χ2v) is 7.03. The fraction of sp³-hybridized carbons (Fsp3) is 0.400. The first-order valence-electron chi connectivity index (χ1n) is 8.71. The summed E-state index contributed by atoms with van der Waals surface area (Å²) in [6.07, 6.45) is 0.700. The predicted molar refractivity (Wildman–Crippen MR) is 99.0 cm³/mol. The molecule has 1 N–H and O–H groups in total. The second-order valence-electron chi connectivity index (χ2n) is 6.59. The van der Waals surface area contributed by atoms with Crippen LogP contribution < -0.4 is 0 Å². The van der Waals surface area contributed by atoms with E-state index in [0.29, 0.717) is 13.0 Å². The molecule has 2 aromatic rings. The maximum Gasteiger partial charge on any atom is 0.127 e. The van der Waals surface area contributed by atoms with Crippen LogP contribution in [0.5, 0.6) is 0 Å². The zero-order valence-electron chi connectivity index (χ0n) is 14.2. The highest BCUT2D eigenvalue weighted by molar-refractivity contribution is 6.30. The molecule has 2 aromatic carbocycles. The number of aliphatic hydroxyl groups is 1. The number of rotatable bonds is 6. The average Bonchev–Trinajstić information content (AvgIpc) is 2.61. The molecule has 1 fully saturated rings. The zero-order chi connectivity index (χ0) is 17.6.